The fourth-order valence-electron chi connectivity index (χ4n) is 5.39. The van der Waals surface area contributed by atoms with Gasteiger partial charge in [-0.2, -0.15) is 0 Å². The highest BCUT2D eigenvalue weighted by Crippen LogP contribution is 2.40. The maximum absolute atomic E-state index is 13.6. The number of amides is 2. The number of benzene rings is 2. The van der Waals surface area contributed by atoms with Gasteiger partial charge in [-0.1, -0.05) is 55.7 Å². The number of carbonyl (C=O) groups is 2. The molecule has 0 bridgehead atoms. The molecule has 2 aromatic carbocycles. The summed E-state index contributed by atoms with van der Waals surface area (Å²) in [6, 6.07) is 14.7. The van der Waals surface area contributed by atoms with Crippen LogP contribution in [0.3, 0.4) is 0 Å². The molecule has 1 N–H and O–H groups in total. The van der Waals surface area contributed by atoms with Gasteiger partial charge in [0.2, 0.25) is 5.91 Å². The summed E-state index contributed by atoms with van der Waals surface area (Å²) >= 11 is 1.43. The Hall–Kier alpha value is -3.19. The minimum absolute atomic E-state index is 0.116. The third-order valence-corrected chi connectivity index (χ3v) is 8.23. The Kier molecular flexibility index (Phi) is 7.89. The number of carbonyl (C=O) groups excluding carboxylic acids is 2. The van der Waals surface area contributed by atoms with Crippen molar-refractivity contribution in [1.82, 2.24) is 15.2 Å². The zero-order valence-corrected chi connectivity index (χ0v) is 22.5. The lowest BCUT2D eigenvalue weighted by atomic mass is 9.86. The van der Waals surface area contributed by atoms with Gasteiger partial charge in [-0.25, -0.2) is 4.98 Å². The zero-order chi connectivity index (χ0) is 25.8. The summed E-state index contributed by atoms with van der Waals surface area (Å²) < 4.78 is 6.14. The second-order valence-corrected chi connectivity index (χ2v) is 11.1. The lowest BCUT2D eigenvalue weighted by Crippen LogP contribution is -2.43. The van der Waals surface area contributed by atoms with Crippen molar-refractivity contribution in [1.29, 1.82) is 0 Å². The Morgan fingerprint density at radius 2 is 1.92 bits per heavy atom. The SMILES string of the molecule is CCCNC(=O)c1csc(COc2ccc3c(c2)[C@H](c2ccc(C)cc2)N(C(=O)C2CCCC2)CC3)n1. The molecule has 1 fully saturated rings. The fourth-order valence-corrected chi connectivity index (χ4v) is 6.08. The molecule has 1 saturated carbocycles. The van der Waals surface area contributed by atoms with E-state index in [1.807, 2.05) is 13.0 Å². The highest BCUT2D eigenvalue weighted by Gasteiger charge is 2.36. The van der Waals surface area contributed by atoms with Gasteiger partial charge in [0.15, 0.2) is 0 Å². The quantitative estimate of drug-likeness (QED) is 0.408. The van der Waals surface area contributed by atoms with Crippen LogP contribution < -0.4 is 10.1 Å². The number of aryl methyl sites for hydroxylation is 1. The molecule has 2 amide bonds. The molecule has 7 heteroatoms. The molecule has 2 aliphatic rings. The van der Waals surface area contributed by atoms with Crippen LogP contribution in [0.5, 0.6) is 5.75 Å². The molecule has 1 aromatic heterocycles. The molecule has 0 spiro atoms. The Bertz CT molecular complexity index is 1250. The van der Waals surface area contributed by atoms with Crippen LogP contribution in [0.1, 0.15) is 82.8 Å². The Morgan fingerprint density at radius 3 is 2.68 bits per heavy atom. The Morgan fingerprint density at radius 1 is 1.14 bits per heavy atom. The van der Waals surface area contributed by atoms with Crippen LogP contribution in [0.4, 0.5) is 0 Å². The average Bonchev–Trinajstić information content (AvgIpc) is 3.63. The highest BCUT2D eigenvalue weighted by atomic mass is 32.1. The Balaban J connectivity index is 1.38. The van der Waals surface area contributed by atoms with Crippen molar-refractivity contribution >= 4 is 23.2 Å². The summed E-state index contributed by atoms with van der Waals surface area (Å²) in [6.07, 6.45) is 6.02. The monoisotopic (exact) mass is 517 g/mol. The Labute approximate surface area is 223 Å². The predicted octanol–water partition coefficient (Wildman–Crippen LogP) is 5.83. The first-order chi connectivity index (χ1) is 18.0. The van der Waals surface area contributed by atoms with Gasteiger partial charge in [0.25, 0.3) is 5.91 Å². The van der Waals surface area contributed by atoms with Crippen LogP contribution in [0.25, 0.3) is 0 Å². The zero-order valence-electron chi connectivity index (χ0n) is 21.7. The number of nitrogens with zero attached hydrogens (tertiary/aromatic N) is 2. The molecule has 6 nitrogen and oxygen atoms in total. The third kappa shape index (κ3) is 5.72. The van der Waals surface area contributed by atoms with E-state index in [4.69, 9.17) is 4.74 Å². The molecule has 194 valence electrons. The molecule has 37 heavy (non-hydrogen) atoms. The van der Waals surface area contributed by atoms with Crippen LogP contribution in [0, 0.1) is 12.8 Å². The summed E-state index contributed by atoms with van der Waals surface area (Å²) in [4.78, 5) is 32.4. The van der Waals surface area contributed by atoms with Crippen LogP contribution in [-0.2, 0) is 17.8 Å². The van der Waals surface area contributed by atoms with E-state index in [1.165, 1.54) is 22.5 Å². The third-order valence-electron chi connectivity index (χ3n) is 7.41. The number of thiazole rings is 1. The normalized spacial score (nSPS) is 17.5. The first-order valence-corrected chi connectivity index (χ1v) is 14.3. The first-order valence-electron chi connectivity index (χ1n) is 13.4. The van der Waals surface area contributed by atoms with Crippen molar-refractivity contribution in [3.63, 3.8) is 0 Å². The molecule has 0 saturated heterocycles. The number of nitrogens with one attached hydrogen (secondary N) is 1. The summed E-state index contributed by atoms with van der Waals surface area (Å²) in [5.74, 6) is 1.03. The summed E-state index contributed by atoms with van der Waals surface area (Å²) in [7, 11) is 0. The predicted molar refractivity (Wildman–Crippen MR) is 146 cm³/mol. The number of rotatable bonds is 8. The van der Waals surface area contributed by atoms with Crippen LogP contribution >= 0.6 is 11.3 Å². The molecular weight excluding hydrogens is 482 g/mol. The van der Waals surface area contributed by atoms with Crippen molar-refractivity contribution in [3.05, 3.63) is 80.8 Å². The van der Waals surface area contributed by atoms with E-state index < -0.39 is 0 Å². The molecule has 2 heterocycles. The molecule has 0 unspecified atom stereocenters. The van der Waals surface area contributed by atoms with Crippen molar-refractivity contribution in [2.75, 3.05) is 13.1 Å². The topological polar surface area (TPSA) is 71.5 Å². The van der Waals surface area contributed by atoms with Crippen molar-refractivity contribution in [3.8, 4) is 5.75 Å². The second kappa shape index (κ2) is 11.5. The summed E-state index contributed by atoms with van der Waals surface area (Å²) in [6.45, 7) is 5.78. The van der Waals surface area contributed by atoms with Gasteiger partial charge >= 0.3 is 0 Å². The van der Waals surface area contributed by atoms with E-state index in [2.05, 4.69) is 58.5 Å². The second-order valence-electron chi connectivity index (χ2n) is 10.1. The molecule has 1 aliphatic heterocycles. The summed E-state index contributed by atoms with van der Waals surface area (Å²) in [5, 5.41) is 5.39. The number of hydrogen-bond acceptors (Lipinski definition) is 5. The summed E-state index contributed by atoms with van der Waals surface area (Å²) in [5.41, 5.74) is 5.17. The van der Waals surface area contributed by atoms with Crippen molar-refractivity contribution in [2.24, 2.45) is 5.92 Å². The number of aromatic nitrogens is 1. The van der Waals surface area contributed by atoms with E-state index in [9.17, 15) is 9.59 Å². The van der Waals surface area contributed by atoms with E-state index >= 15 is 0 Å². The van der Waals surface area contributed by atoms with Gasteiger partial charge in [-0.3, -0.25) is 9.59 Å². The van der Waals surface area contributed by atoms with E-state index in [0.29, 0.717) is 18.8 Å². The lowest BCUT2D eigenvalue weighted by Gasteiger charge is -2.39. The maximum Gasteiger partial charge on any atom is 0.270 e. The van der Waals surface area contributed by atoms with Crippen molar-refractivity contribution in [2.45, 2.75) is 65.0 Å². The minimum Gasteiger partial charge on any atom is -0.486 e. The lowest BCUT2D eigenvalue weighted by molar-refractivity contribution is -0.137. The highest BCUT2D eigenvalue weighted by molar-refractivity contribution is 7.09. The van der Waals surface area contributed by atoms with E-state index in [-0.39, 0.29) is 23.8 Å². The van der Waals surface area contributed by atoms with Crippen LogP contribution in [0.15, 0.2) is 47.8 Å². The van der Waals surface area contributed by atoms with Crippen LogP contribution in [0.2, 0.25) is 0 Å². The fraction of sp³-hybridized carbons (Fsp3) is 0.433. The molecule has 3 aromatic rings. The smallest absolute Gasteiger partial charge is 0.270 e. The van der Waals surface area contributed by atoms with Crippen LogP contribution in [-0.4, -0.2) is 34.8 Å². The molecule has 5 rings (SSSR count). The number of ether oxygens (including phenoxy) is 1. The van der Waals surface area contributed by atoms with Gasteiger partial charge in [-0.15, -0.1) is 11.3 Å². The largest absolute Gasteiger partial charge is 0.486 e. The first kappa shape index (κ1) is 25.5. The van der Waals surface area contributed by atoms with Gasteiger partial charge in [0.1, 0.15) is 23.1 Å². The molecular formula is C30H35N3O3S. The van der Waals surface area contributed by atoms with Crippen molar-refractivity contribution < 1.29 is 14.3 Å². The molecule has 1 atom stereocenters. The number of fused-ring (bicyclic) bond motifs is 1. The van der Waals surface area contributed by atoms with Gasteiger partial charge < -0.3 is 15.0 Å². The average molecular weight is 518 g/mol. The number of hydrogen-bond donors (Lipinski definition) is 1. The van der Waals surface area contributed by atoms with Gasteiger partial charge in [0.05, 0.1) is 6.04 Å². The molecule has 1 aliphatic carbocycles. The van der Waals surface area contributed by atoms with Gasteiger partial charge in [0, 0.05) is 24.4 Å². The minimum atomic E-state index is -0.147. The van der Waals surface area contributed by atoms with E-state index in [1.54, 1.807) is 5.38 Å². The standard InChI is InChI=1S/C30H35N3O3S/c1-3-15-31-29(34)26-19-37-27(32-26)18-36-24-13-12-21-14-16-33(30(35)23-6-4-5-7-23)28(25(21)17-24)22-10-8-20(2)9-11-22/h8-13,17,19,23,28H,3-7,14-16,18H2,1-2H3,(H,31,34)/t28-/m0/s1. The maximum atomic E-state index is 13.6. The van der Waals surface area contributed by atoms with Gasteiger partial charge in [-0.05, 0) is 61.4 Å². The van der Waals surface area contributed by atoms with E-state index in [0.717, 1.165) is 67.0 Å². The molecule has 0 radical (unpaired) electrons.